The summed E-state index contributed by atoms with van der Waals surface area (Å²) >= 11 is 0. The van der Waals surface area contributed by atoms with Gasteiger partial charge < -0.3 is 20.2 Å². The van der Waals surface area contributed by atoms with Crippen molar-refractivity contribution in [2.75, 3.05) is 10.3 Å². The maximum atomic E-state index is 13.2. The Morgan fingerprint density at radius 2 is 1.54 bits per heavy atom. The van der Waals surface area contributed by atoms with Crippen molar-refractivity contribution in [3.8, 4) is 17.2 Å². The molecular formula is C39H37N7O6. The average Bonchev–Trinajstić information content (AvgIpc) is 3.75. The lowest BCUT2D eigenvalue weighted by Gasteiger charge is -2.36. The normalized spacial score (nSPS) is 21.0. The predicted molar refractivity (Wildman–Crippen MR) is 191 cm³/mol. The lowest BCUT2D eigenvalue weighted by Crippen LogP contribution is -2.54. The van der Waals surface area contributed by atoms with Crippen LogP contribution < -0.4 is 36.1 Å². The Hall–Kier alpha value is -6.21. The third kappa shape index (κ3) is 6.30. The predicted octanol–water partition coefficient (Wildman–Crippen LogP) is 4.92. The smallest absolute Gasteiger partial charge is 0.262 e. The highest BCUT2D eigenvalue weighted by Gasteiger charge is 2.45. The zero-order chi connectivity index (χ0) is 36.0. The summed E-state index contributed by atoms with van der Waals surface area (Å²) in [4.78, 5) is 55.4. The Morgan fingerprint density at radius 1 is 0.827 bits per heavy atom. The van der Waals surface area contributed by atoms with Crippen LogP contribution in [0.4, 0.5) is 11.5 Å². The number of ether oxygens (including phenoxy) is 2. The first-order valence-corrected chi connectivity index (χ1v) is 17.2. The number of hydrogen-bond acceptors (Lipinski definition) is 11. The summed E-state index contributed by atoms with van der Waals surface area (Å²) in [6.45, 7) is 4.38. The van der Waals surface area contributed by atoms with Gasteiger partial charge in [0.15, 0.2) is 5.82 Å². The largest absolute Gasteiger partial charge is 0.490 e. The maximum absolute atomic E-state index is 13.2. The van der Waals surface area contributed by atoms with Gasteiger partial charge in [0.1, 0.15) is 29.4 Å². The number of fused-ring (bicyclic) bond motifs is 1. The first-order valence-electron chi connectivity index (χ1n) is 17.2. The van der Waals surface area contributed by atoms with Crippen molar-refractivity contribution in [1.29, 1.82) is 0 Å². The Labute approximate surface area is 299 Å². The number of anilines is 2. The van der Waals surface area contributed by atoms with Crippen LogP contribution in [0.3, 0.4) is 0 Å². The van der Waals surface area contributed by atoms with Crippen LogP contribution >= 0.6 is 0 Å². The Kier molecular flexibility index (Phi) is 8.34. The molecule has 0 radical (unpaired) electrons. The second-order valence-electron chi connectivity index (χ2n) is 13.8. The van der Waals surface area contributed by atoms with Crippen molar-refractivity contribution < 1.29 is 28.7 Å². The highest BCUT2D eigenvalue weighted by atomic mass is 16.5. The standard InChI is InChI=1S/C39H37N7O6/c1-39(2,23-3-8-27(9-4-23)51-29-15-16-40-34(22-29)45-18-17-41-44-45)24-5-10-28(11-6-24)52-30-19-26(20-30)42-25-7-12-31-32(21-25)38(50)46(37(31)49)33-13-14-35(47)43-36(33)48/h3-12,15-18,21-22,26,30,33,41-42,44H,13-14,19-20H2,1-2H3,(H,43,47,48). The molecule has 3 aliphatic heterocycles. The van der Waals surface area contributed by atoms with E-state index >= 15 is 0 Å². The molecule has 1 aliphatic carbocycles. The SMILES string of the molecule is CC(C)(c1ccc(Oc2ccnc(N3C=CNN3)c2)cc1)c1ccc(OC2CC(Nc3ccc4c(c3)C(=O)N(C3CCC(=O)NC3=O)C4=O)C2)cc1. The first-order chi connectivity index (χ1) is 25.1. The molecule has 4 N–H and O–H groups in total. The number of nitrogens with zero attached hydrogens (tertiary/aromatic N) is 3. The second-order valence-corrected chi connectivity index (χ2v) is 13.8. The minimum Gasteiger partial charge on any atom is -0.490 e. The summed E-state index contributed by atoms with van der Waals surface area (Å²) in [6, 6.07) is 24.2. The quantitative estimate of drug-likeness (QED) is 0.167. The number of aromatic nitrogens is 1. The molecular weight excluding hydrogens is 662 g/mol. The van der Waals surface area contributed by atoms with Crippen molar-refractivity contribution in [3.05, 3.63) is 120 Å². The Bertz CT molecular complexity index is 2090. The van der Waals surface area contributed by atoms with Crippen LogP contribution in [0.1, 0.15) is 71.4 Å². The van der Waals surface area contributed by atoms with Crippen LogP contribution in [-0.4, -0.2) is 51.7 Å². The van der Waals surface area contributed by atoms with Crippen LogP contribution in [0.2, 0.25) is 0 Å². The second kappa shape index (κ2) is 13.2. The van der Waals surface area contributed by atoms with E-state index in [2.05, 4.69) is 64.7 Å². The molecule has 0 spiro atoms. The highest BCUT2D eigenvalue weighted by molar-refractivity contribution is 6.23. The number of rotatable bonds is 10. The Morgan fingerprint density at radius 3 is 2.23 bits per heavy atom. The van der Waals surface area contributed by atoms with Crippen LogP contribution in [-0.2, 0) is 15.0 Å². The van der Waals surface area contributed by atoms with E-state index in [0.717, 1.165) is 46.1 Å². The van der Waals surface area contributed by atoms with Crippen molar-refractivity contribution in [1.82, 2.24) is 26.2 Å². The number of amides is 4. The van der Waals surface area contributed by atoms with E-state index in [1.54, 1.807) is 35.6 Å². The summed E-state index contributed by atoms with van der Waals surface area (Å²) in [5.74, 6) is 0.854. The number of nitrogens with one attached hydrogen (secondary N) is 4. The van der Waals surface area contributed by atoms with Crippen molar-refractivity contribution in [2.45, 2.75) is 63.1 Å². The van der Waals surface area contributed by atoms with Crippen molar-refractivity contribution in [2.24, 2.45) is 0 Å². The molecule has 4 aromatic rings. The zero-order valence-corrected chi connectivity index (χ0v) is 28.6. The fourth-order valence-electron chi connectivity index (χ4n) is 6.95. The van der Waals surface area contributed by atoms with E-state index < -0.39 is 29.7 Å². The van der Waals surface area contributed by atoms with Crippen LogP contribution in [0.25, 0.3) is 0 Å². The van der Waals surface area contributed by atoms with Gasteiger partial charge in [-0.25, -0.2) is 9.99 Å². The molecule has 4 amide bonds. The minimum absolute atomic E-state index is 0.0424. The molecule has 13 nitrogen and oxygen atoms in total. The number of carbonyl (C=O) groups is 4. The van der Waals surface area contributed by atoms with Crippen molar-refractivity contribution in [3.63, 3.8) is 0 Å². The van der Waals surface area contributed by atoms with E-state index in [0.29, 0.717) is 11.6 Å². The van der Waals surface area contributed by atoms with Gasteiger partial charge in [0.2, 0.25) is 11.8 Å². The third-order valence-electron chi connectivity index (χ3n) is 10.1. The van der Waals surface area contributed by atoms with Gasteiger partial charge in [0.25, 0.3) is 11.8 Å². The number of hydrazine groups is 2. The number of imide groups is 2. The highest BCUT2D eigenvalue weighted by Crippen LogP contribution is 2.36. The lowest BCUT2D eigenvalue weighted by molar-refractivity contribution is -0.136. The fourth-order valence-corrected chi connectivity index (χ4v) is 6.95. The monoisotopic (exact) mass is 699 g/mol. The topological polar surface area (TPSA) is 154 Å². The lowest BCUT2D eigenvalue weighted by atomic mass is 9.78. The minimum atomic E-state index is -0.986. The summed E-state index contributed by atoms with van der Waals surface area (Å²) in [5.41, 5.74) is 9.13. The van der Waals surface area contributed by atoms with Gasteiger partial charge in [-0.3, -0.25) is 29.4 Å². The van der Waals surface area contributed by atoms with Gasteiger partial charge in [-0.05, 0) is 66.1 Å². The van der Waals surface area contributed by atoms with Gasteiger partial charge in [0, 0.05) is 61.1 Å². The molecule has 4 heterocycles. The van der Waals surface area contributed by atoms with E-state index in [-0.39, 0.29) is 41.5 Å². The molecule has 3 aromatic carbocycles. The number of piperidine rings is 1. The summed E-state index contributed by atoms with van der Waals surface area (Å²) in [7, 11) is 0. The van der Waals surface area contributed by atoms with E-state index in [1.165, 1.54) is 0 Å². The molecule has 4 aliphatic rings. The van der Waals surface area contributed by atoms with E-state index in [4.69, 9.17) is 9.47 Å². The van der Waals surface area contributed by atoms with Gasteiger partial charge >= 0.3 is 0 Å². The number of benzene rings is 3. The van der Waals surface area contributed by atoms with E-state index in [1.807, 2.05) is 42.6 Å². The molecule has 1 unspecified atom stereocenters. The molecule has 1 atom stereocenters. The number of hydrogen-bond donors (Lipinski definition) is 4. The average molecular weight is 700 g/mol. The molecule has 264 valence electrons. The number of carbonyl (C=O) groups excluding carboxylic acids is 4. The van der Waals surface area contributed by atoms with Crippen LogP contribution in [0.15, 0.2) is 97.5 Å². The zero-order valence-electron chi connectivity index (χ0n) is 28.6. The van der Waals surface area contributed by atoms with Gasteiger partial charge in [-0.2, -0.15) is 0 Å². The molecule has 8 rings (SSSR count). The van der Waals surface area contributed by atoms with Crippen LogP contribution in [0.5, 0.6) is 17.2 Å². The summed E-state index contributed by atoms with van der Waals surface area (Å²) in [5, 5.41) is 7.42. The molecule has 13 heteroatoms. The molecule has 1 saturated heterocycles. The van der Waals surface area contributed by atoms with Crippen LogP contribution in [0, 0.1) is 0 Å². The van der Waals surface area contributed by atoms with Crippen molar-refractivity contribution >= 4 is 35.1 Å². The fraction of sp³-hybridized carbons (Fsp3) is 0.256. The van der Waals surface area contributed by atoms with E-state index in [9.17, 15) is 19.2 Å². The molecule has 1 saturated carbocycles. The molecule has 0 bridgehead atoms. The van der Waals surface area contributed by atoms with Gasteiger partial charge in [-0.1, -0.05) is 38.1 Å². The summed E-state index contributed by atoms with van der Waals surface area (Å²) in [6.07, 6.45) is 7.11. The first kappa shape index (κ1) is 33.0. The maximum Gasteiger partial charge on any atom is 0.262 e. The number of pyridine rings is 1. The van der Waals surface area contributed by atoms with Gasteiger partial charge in [0.05, 0.1) is 11.1 Å². The van der Waals surface area contributed by atoms with Gasteiger partial charge in [-0.15, -0.1) is 5.53 Å². The molecule has 2 fully saturated rings. The Balaban J connectivity index is 0.836. The third-order valence-corrected chi connectivity index (χ3v) is 10.1. The molecule has 1 aromatic heterocycles. The summed E-state index contributed by atoms with van der Waals surface area (Å²) < 4.78 is 12.4. The molecule has 52 heavy (non-hydrogen) atoms.